The fourth-order valence-electron chi connectivity index (χ4n) is 2.58. The summed E-state index contributed by atoms with van der Waals surface area (Å²) in [5, 5.41) is 3.39. The van der Waals surface area contributed by atoms with Gasteiger partial charge < -0.3 is 16.0 Å². The highest BCUT2D eigenvalue weighted by Gasteiger charge is 2.20. The van der Waals surface area contributed by atoms with Crippen molar-refractivity contribution in [2.24, 2.45) is 5.73 Å². The number of halogens is 1. The van der Waals surface area contributed by atoms with Gasteiger partial charge in [-0.3, -0.25) is 0 Å². The monoisotopic (exact) mass is 281 g/mol. The molecular formula is C14H20FN3S. The first-order valence-corrected chi connectivity index (χ1v) is 7.10. The van der Waals surface area contributed by atoms with E-state index in [9.17, 15) is 4.39 Å². The number of piperidine rings is 1. The Bertz CT molecular complexity index is 464. The smallest absolute Gasteiger partial charge is 0.135 e. The van der Waals surface area contributed by atoms with Crippen LogP contribution in [0.25, 0.3) is 0 Å². The molecule has 5 heteroatoms. The summed E-state index contributed by atoms with van der Waals surface area (Å²) in [7, 11) is 0. The molecule has 0 aliphatic carbocycles. The number of benzene rings is 1. The second-order valence-electron chi connectivity index (χ2n) is 4.90. The lowest BCUT2D eigenvalue weighted by atomic mass is 10.0. The number of nitrogens with two attached hydrogens (primary N) is 1. The summed E-state index contributed by atoms with van der Waals surface area (Å²) in [5.74, 6) is -0.361. The lowest BCUT2D eigenvalue weighted by molar-refractivity contribution is 0.227. The van der Waals surface area contributed by atoms with Crippen LogP contribution in [-0.2, 0) is 0 Å². The fraction of sp³-hybridized carbons (Fsp3) is 0.500. The van der Waals surface area contributed by atoms with Gasteiger partial charge in [-0.25, -0.2) is 4.39 Å². The zero-order chi connectivity index (χ0) is 13.8. The largest absolute Gasteiger partial charge is 0.389 e. The van der Waals surface area contributed by atoms with Crippen LogP contribution >= 0.6 is 12.2 Å². The van der Waals surface area contributed by atoms with Crippen LogP contribution < -0.4 is 11.1 Å². The average molecular weight is 281 g/mol. The van der Waals surface area contributed by atoms with Crippen molar-refractivity contribution < 1.29 is 4.39 Å². The molecule has 1 aromatic carbocycles. The minimum absolute atomic E-state index is 0.101. The third kappa shape index (κ3) is 3.42. The van der Waals surface area contributed by atoms with E-state index in [1.807, 2.05) is 6.07 Å². The van der Waals surface area contributed by atoms with Crippen molar-refractivity contribution in [2.75, 3.05) is 25.0 Å². The summed E-state index contributed by atoms with van der Waals surface area (Å²) in [6.45, 7) is 5.32. The lowest BCUT2D eigenvalue weighted by Gasteiger charge is -2.33. The molecule has 1 aromatic rings. The fourth-order valence-corrected chi connectivity index (χ4v) is 2.78. The SMILES string of the molecule is CCN1CCCC(Nc2cccc(F)c2C(N)=S)C1. The Kier molecular flexibility index (Phi) is 4.71. The van der Waals surface area contributed by atoms with E-state index in [0.29, 0.717) is 17.3 Å². The molecule has 0 bridgehead atoms. The van der Waals surface area contributed by atoms with Crippen LogP contribution in [0.3, 0.4) is 0 Å². The zero-order valence-corrected chi connectivity index (χ0v) is 12.0. The lowest BCUT2D eigenvalue weighted by Crippen LogP contribution is -2.42. The predicted molar refractivity (Wildman–Crippen MR) is 81.0 cm³/mol. The number of nitrogens with one attached hydrogen (secondary N) is 1. The third-order valence-electron chi connectivity index (χ3n) is 3.57. The molecule has 1 aliphatic rings. The summed E-state index contributed by atoms with van der Waals surface area (Å²) < 4.78 is 13.8. The van der Waals surface area contributed by atoms with Crippen LogP contribution in [0, 0.1) is 5.82 Å². The molecule has 0 spiro atoms. The van der Waals surface area contributed by atoms with Crippen molar-refractivity contribution in [1.29, 1.82) is 0 Å². The van der Waals surface area contributed by atoms with Crippen molar-refractivity contribution >= 4 is 22.9 Å². The van der Waals surface area contributed by atoms with E-state index in [0.717, 1.165) is 32.5 Å². The summed E-state index contributed by atoms with van der Waals surface area (Å²) in [6, 6.07) is 5.23. The highest BCUT2D eigenvalue weighted by molar-refractivity contribution is 7.80. The number of hydrogen-bond acceptors (Lipinski definition) is 3. The molecule has 0 amide bonds. The summed E-state index contributed by atoms with van der Waals surface area (Å²) >= 11 is 4.94. The van der Waals surface area contributed by atoms with E-state index in [-0.39, 0.29) is 10.8 Å². The van der Waals surface area contributed by atoms with Crippen LogP contribution in [0.2, 0.25) is 0 Å². The molecule has 0 aromatic heterocycles. The minimum atomic E-state index is -0.361. The van der Waals surface area contributed by atoms with Gasteiger partial charge in [-0.1, -0.05) is 25.2 Å². The second kappa shape index (κ2) is 6.30. The van der Waals surface area contributed by atoms with Crippen LogP contribution in [0.15, 0.2) is 18.2 Å². The number of likely N-dealkylation sites (tertiary alicyclic amines) is 1. The first-order valence-electron chi connectivity index (χ1n) is 6.69. The molecule has 3 N–H and O–H groups in total. The van der Waals surface area contributed by atoms with E-state index >= 15 is 0 Å². The van der Waals surface area contributed by atoms with Crippen molar-refractivity contribution in [1.82, 2.24) is 4.90 Å². The Morgan fingerprint density at radius 3 is 3.05 bits per heavy atom. The Hall–Kier alpha value is -1.20. The van der Waals surface area contributed by atoms with Crippen molar-refractivity contribution in [3.8, 4) is 0 Å². The molecule has 0 saturated carbocycles. The van der Waals surface area contributed by atoms with Crippen LogP contribution in [0.1, 0.15) is 25.3 Å². The standard InChI is InChI=1S/C14H20FN3S/c1-2-18-8-4-5-10(9-18)17-12-7-3-6-11(15)13(12)14(16)19/h3,6-7,10,17H,2,4-5,8-9H2,1H3,(H2,16,19). The van der Waals surface area contributed by atoms with Gasteiger partial charge in [0.15, 0.2) is 0 Å². The van der Waals surface area contributed by atoms with Crippen molar-refractivity contribution in [3.05, 3.63) is 29.6 Å². The van der Waals surface area contributed by atoms with Crippen molar-refractivity contribution in [2.45, 2.75) is 25.8 Å². The molecule has 0 radical (unpaired) electrons. The Balaban J connectivity index is 2.14. The summed E-state index contributed by atoms with van der Waals surface area (Å²) in [5.41, 5.74) is 6.64. The van der Waals surface area contributed by atoms with Crippen molar-refractivity contribution in [3.63, 3.8) is 0 Å². The Morgan fingerprint density at radius 1 is 1.58 bits per heavy atom. The maximum absolute atomic E-state index is 13.8. The van der Waals surface area contributed by atoms with Gasteiger partial charge in [-0.2, -0.15) is 0 Å². The third-order valence-corrected chi connectivity index (χ3v) is 3.78. The molecular weight excluding hydrogens is 261 g/mol. The van der Waals surface area contributed by atoms with Gasteiger partial charge in [0.2, 0.25) is 0 Å². The molecule has 2 rings (SSSR count). The van der Waals surface area contributed by atoms with Crippen LogP contribution in [-0.4, -0.2) is 35.6 Å². The quantitative estimate of drug-likeness (QED) is 0.831. The van der Waals surface area contributed by atoms with Gasteiger partial charge >= 0.3 is 0 Å². The van der Waals surface area contributed by atoms with E-state index < -0.39 is 0 Å². The van der Waals surface area contributed by atoms with E-state index in [2.05, 4.69) is 17.1 Å². The van der Waals surface area contributed by atoms with Crippen LogP contribution in [0.5, 0.6) is 0 Å². The number of hydrogen-bond donors (Lipinski definition) is 2. The number of thiocarbonyl (C=S) groups is 1. The molecule has 1 fully saturated rings. The van der Waals surface area contributed by atoms with Gasteiger partial charge in [-0.05, 0) is 38.1 Å². The molecule has 3 nitrogen and oxygen atoms in total. The van der Waals surface area contributed by atoms with Gasteiger partial charge in [0.05, 0.1) is 5.56 Å². The van der Waals surface area contributed by atoms with E-state index in [1.54, 1.807) is 6.07 Å². The molecule has 19 heavy (non-hydrogen) atoms. The minimum Gasteiger partial charge on any atom is -0.389 e. The van der Waals surface area contributed by atoms with Gasteiger partial charge in [-0.15, -0.1) is 0 Å². The maximum Gasteiger partial charge on any atom is 0.135 e. The normalized spacial score (nSPS) is 20.2. The second-order valence-corrected chi connectivity index (χ2v) is 5.34. The topological polar surface area (TPSA) is 41.3 Å². The zero-order valence-electron chi connectivity index (χ0n) is 11.2. The summed E-state index contributed by atoms with van der Waals surface area (Å²) in [4.78, 5) is 2.49. The predicted octanol–water partition coefficient (Wildman–Crippen LogP) is 2.36. The first-order chi connectivity index (χ1) is 9.11. The molecule has 1 unspecified atom stereocenters. The highest BCUT2D eigenvalue weighted by Crippen LogP contribution is 2.22. The Morgan fingerprint density at radius 2 is 2.37 bits per heavy atom. The average Bonchev–Trinajstić information content (AvgIpc) is 2.38. The van der Waals surface area contributed by atoms with E-state index in [4.69, 9.17) is 18.0 Å². The number of nitrogens with zero attached hydrogens (tertiary/aromatic N) is 1. The number of anilines is 1. The molecule has 1 aliphatic heterocycles. The number of rotatable bonds is 4. The van der Waals surface area contributed by atoms with E-state index in [1.165, 1.54) is 6.07 Å². The maximum atomic E-state index is 13.8. The highest BCUT2D eigenvalue weighted by atomic mass is 32.1. The molecule has 1 atom stereocenters. The molecule has 1 saturated heterocycles. The van der Waals surface area contributed by atoms with Gasteiger partial charge in [0.1, 0.15) is 10.8 Å². The number of likely N-dealkylation sites (N-methyl/N-ethyl adjacent to an activating group) is 1. The molecule has 1 heterocycles. The first kappa shape index (κ1) is 14.2. The molecule has 104 valence electrons. The van der Waals surface area contributed by atoms with Gasteiger partial charge in [0.25, 0.3) is 0 Å². The Labute approximate surface area is 119 Å². The van der Waals surface area contributed by atoms with Gasteiger partial charge in [0, 0.05) is 18.3 Å². The van der Waals surface area contributed by atoms with Crippen LogP contribution in [0.4, 0.5) is 10.1 Å². The summed E-state index contributed by atoms with van der Waals surface area (Å²) in [6.07, 6.45) is 2.24.